The van der Waals surface area contributed by atoms with Crippen LogP contribution in [0.1, 0.15) is 25.8 Å². The number of carbonyl (C=O) groups excluding carboxylic acids is 1. The molecular formula is C13H17BrN2O. The van der Waals surface area contributed by atoms with E-state index in [1.54, 1.807) is 6.20 Å². The lowest BCUT2D eigenvalue weighted by Gasteiger charge is -2.12. The highest BCUT2D eigenvalue weighted by Crippen LogP contribution is 2.10. The van der Waals surface area contributed by atoms with Gasteiger partial charge in [-0.15, -0.1) is 6.58 Å². The molecule has 4 heteroatoms. The number of rotatable bonds is 5. The van der Waals surface area contributed by atoms with Gasteiger partial charge >= 0.3 is 0 Å². The van der Waals surface area contributed by atoms with Crippen LogP contribution in [0.25, 0.3) is 0 Å². The molecule has 0 fully saturated rings. The summed E-state index contributed by atoms with van der Waals surface area (Å²) in [4.78, 5) is 15.8. The molecule has 0 spiro atoms. The molecule has 0 aliphatic carbocycles. The van der Waals surface area contributed by atoms with Crippen molar-refractivity contribution in [2.24, 2.45) is 5.92 Å². The van der Waals surface area contributed by atoms with Gasteiger partial charge in [0.25, 0.3) is 0 Å². The van der Waals surface area contributed by atoms with E-state index in [2.05, 4.69) is 32.8 Å². The van der Waals surface area contributed by atoms with Gasteiger partial charge in [-0.2, -0.15) is 0 Å². The van der Waals surface area contributed by atoms with Gasteiger partial charge in [0.05, 0.1) is 0 Å². The van der Waals surface area contributed by atoms with Crippen LogP contribution in [0.2, 0.25) is 0 Å². The largest absolute Gasteiger partial charge is 0.352 e. The van der Waals surface area contributed by atoms with Crippen LogP contribution in [0.5, 0.6) is 0 Å². The highest BCUT2D eigenvalue weighted by atomic mass is 79.9. The van der Waals surface area contributed by atoms with E-state index in [0.29, 0.717) is 6.54 Å². The minimum Gasteiger partial charge on any atom is -0.352 e. The van der Waals surface area contributed by atoms with Crippen molar-refractivity contribution in [3.63, 3.8) is 0 Å². The minimum atomic E-state index is -0.0298. The van der Waals surface area contributed by atoms with Gasteiger partial charge < -0.3 is 5.32 Å². The molecule has 0 bridgehead atoms. The van der Waals surface area contributed by atoms with Crippen LogP contribution in [-0.4, -0.2) is 10.9 Å². The van der Waals surface area contributed by atoms with Crippen molar-refractivity contribution in [1.82, 2.24) is 10.3 Å². The maximum atomic E-state index is 11.8. The summed E-state index contributed by atoms with van der Waals surface area (Å²) < 4.78 is 0.777. The average Bonchev–Trinajstić information content (AvgIpc) is 2.25. The first-order valence-electron chi connectivity index (χ1n) is 5.51. The smallest absolute Gasteiger partial charge is 0.223 e. The van der Waals surface area contributed by atoms with E-state index < -0.39 is 0 Å². The van der Waals surface area contributed by atoms with E-state index in [-0.39, 0.29) is 11.8 Å². The van der Waals surface area contributed by atoms with Crippen molar-refractivity contribution in [3.05, 3.63) is 40.6 Å². The van der Waals surface area contributed by atoms with Crippen molar-refractivity contribution in [1.29, 1.82) is 0 Å². The van der Waals surface area contributed by atoms with Crippen LogP contribution in [-0.2, 0) is 11.3 Å². The third kappa shape index (κ3) is 5.13. The molecule has 17 heavy (non-hydrogen) atoms. The Labute approximate surface area is 110 Å². The van der Waals surface area contributed by atoms with Crippen LogP contribution in [0, 0.1) is 5.92 Å². The molecule has 0 aliphatic rings. The van der Waals surface area contributed by atoms with Gasteiger partial charge in [-0.25, -0.2) is 4.98 Å². The summed E-state index contributed by atoms with van der Waals surface area (Å²) in [5.41, 5.74) is 2.06. The molecule has 1 rings (SSSR count). The third-order valence-corrected chi connectivity index (χ3v) is 2.79. The maximum Gasteiger partial charge on any atom is 0.223 e. The zero-order valence-corrected chi connectivity index (χ0v) is 11.8. The Morgan fingerprint density at radius 1 is 1.65 bits per heavy atom. The maximum absolute atomic E-state index is 11.8. The lowest BCUT2D eigenvalue weighted by molar-refractivity contribution is -0.124. The fourth-order valence-corrected chi connectivity index (χ4v) is 1.94. The molecule has 0 saturated carbocycles. The number of allylic oxidation sites excluding steroid dienone is 1. The Morgan fingerprint density at radius 3 is 2.94 bits per heavy atom. The molecule has 0 aromatic carbocycles. The van der Waals surface area contributed by atoms with E-state index >= 15 is 0 Å². The summed E-state index contributed by atoms with van der Waals surface area (Å²) in [6, 6.07) is 3.78. The summed E-state index contributed by atoms with van der Waals surface area (Å²) in [6.45, 7) is 8.18. The molecule has 0 saturated heterocycles. The van der Waals surface area contributed by atoms with E-state index in [4.69, 9.17) is 0 Å². The summed E-state index contributed by atoms with van der Waals surface area (Å²) in [6.07, 6.45) is 2.44. The van der Waals surface area contributed by atoms with Crippen molar-refractivity contribution in [2.75, 3.05) is 0 Å². The van der Waals surface area contributed by atoms with E-state index in [1.807, 2.05) is 26.0 Å². The van der Waals surface area contributed by atoms with Gasteiger partial charge in [0, 0.05) is 18.7 Å². The number of amides is 1. The standard InChI is InChI=1S/C13H17BrN2O/c1-9(2)6-10(3)13(17)16-8-11-4-5-15-12(14)7-11/h4-5,7,10H,1,6,8H2,2-3H3,(H,16,17). The Bertz CT molecular complexity index is 418. The first-order chi connectivity index (χ1) is 7.99. The first-order valence-corrected chi connectivity index (χ1v) is 6.31. The van der Waals surface area contributed by atoms with Crippen LogP contribution < -0.4 is 5.32 Å². The monoisotopic (exact) mass is 296 g/mol. The lowest BCUT2D eigenvalue weighted by Crippen LogP contribution is -2.28. The molecule has 3 nitrogen and oxygen atoms in total. The number of hydrogen-bond acceptors (Lipinski definition) is 2. The second-order valence-electron chi connectivity index (χ2n) is 4.27. The summed E-state index contributed by atoms with van der Waals surface area (Å²) >= 11 is 3.30. The summed E-state index contributed by atoms with van der Waals surface area (Å²) in [5.74, 6) is 0.0266. The number of hydrogen-bond donors (Lipinski definition) is 1. The molecule has 1 aromatic heterocycles. The molecule has 1 atom stereocenters. The molecule has 0 aliphatic heterocycles. The van der Waals surface area contributed by atoms with Crippen molar-refractivity contribution >= 4 is 21.8 Å². The normalized spacial score (nSPS) is 11.9. The molecule has 1 unspecified atom stereocenters. The number of pyridine rings is 1. The highest BCUT2D eigenvalue weighted by Gasteiger charge is 2.12. The predicted molar refractivity (Wildman–Crippen MR) is 72.4 cm³/mol. The van der Waals surface area contributed by atoms with Gasteiger partial charge in [0.15, 0.2) is 0 Å². The van der Waals surface area contributed by atoms with Gasteiger partial charge in [0.2, 0.25) is 5.91 Å². The van der Waals surface area contributed by atoms with Crippen LogP contribution in [0.4, 0.5) is 0 Å². The van der Waals surface area contributed by atoms with Gasteiger partial charge in [-0.3, -0.25) is 4.79 Å². The second-order valence-corrected chi connectivity index (χ2v) is 5.08. The number of carbonyl (C=O) groups is 1. The SMILES string of the molecule is C=C(C)CC(C)C(=O)NCc1ccnc(Br)c1. The minimum absolute atomic E-state index is 0.0298. The van der Waals surface area contributed by atoms with E-state index in [1.165, 1.54) is 0 Å². The van der Waals surface area contributed by atoms with Crippen LogP contribution in [0.15, 0.2) is 35.1 Å². The van der Waals surface area contributed by atoms with Crippen molar-refractivity contribution in [3.8, 4) is 0 Å². The predicted octanol–water partition coefficient (Wildman–Crippen LogP) is 3.06. The molecule has 1 amide bonds. The molecule has 1 heterocycles. The van der Waals surface area contributed by atoms with Gasteiger partial charge in [0.1, 0.15) is 4.60 Å². The van der Waals surface area contributed by atoms with Gasteiger partial charge in [-0.1, -0.05) is 12.5 Å². The van der Waals surface area contributed by atoms with E-state index in [9.17, 15) is 4.79 Å². The fourth-order valence-electron chi connectivity index (χ4n) is 1.53. The Balaban J connectivity index is 2.45. The molecule has 1 aromatic rings. The van der Waals surface area contributed by atoms with Gasteiger partial charge in [-0.05, 0) is 47.0 Å². The third-order valence-electron chi connectivity index (χ3n) is 2.36. The topological polar surface area (TPSA) is 42.0 Å². The Kier molecular flexibility index (Phi) is 5.35. The summed E-state index contributed by atoms with van der Waals surface area (Å²) in [7, 11) is 0. The van der Waals surface area contributed by atoms with E-state index in [0.717, 1.165) is 22.2 Å². The first kappa shape index (κ1) is 13.9. The molecule has 92 valence electrons. The van der Waals surface area contributed by atoms with Crippen molar-refractivity contribution in [2.45, 2.75) is 26.8 Å². The zero-order chi connectivity index (χ0) is 12.8. The number of halogens is 1. The quantitative estimate of drug-likeness (QED) is 0.670. The number of nitrogens with one attached hydrogen (secondary N) is 1. The van der Waals surface area contributed by atoms with Crippen LogP contribution in [0.3, 0.4) is 0 Å². The fraction of sp³-hybridized carbons (Fsp3) is 0.385. The summed E-state index contributed by atoms with van der Waals surface area (Å²) in [5, 5.41) is 2.90. The molecular weight excluding hydrogens is 280 g/mol. The second kappa shape index (κ2) is 6.55. The number of aromatic nitrogens is 1. The molecule has 0 radical (unpaired) electrons. The average molecular weight is 297 g/mol. The Hall–Kier alpha value is -1.16. The molecule has 1 N–H and O–H groups in total. The number of nitrogens with zero attached hydrogens (tertiary/aromatic N) is 1. The zero-order valence-electron chi connectivity index (χ0n) is 10.2. The highest BCUT2D eigenvalue weighted by molar-refractivity contribution is 9.10. The van der Waals surface area contributed by atoms with Crippen molar-refractivity contribution < 1.29 is 4.79 Å². The Morgan fingerprint density at radius 2 is 2.35 bits per heavy atom. The van der Waals surface area contributed by atoms with Crippen LogP contribution >= 0.6 is 15.9 Å². The lowest BCUT2D eigenvalue weighted by atomic mass is 10.0.